The molecule has 0 bridgehead atoms. The molecule has 3 heterocycles. The number of thiophene rings is 1. The molecular weight excluding hydrogens is 350 g/mol. The lowest BCUT2D eigenvalue weighted by Crippen LogP contribution is -1.91. The second-order valence-electron chi connectivity index (χ2n) is 3.64. The fourth-order valence-corrected chi connectivity index (χ4v) is 3.78. The number of carboxylic acids is 1. The molecule has 3 rings (SSSR count). The van der Waals surface area contributed by atoms with Gasteiger partial charge in [-0.1, -0.05) is 0 Å². The Balaban J connectivity index is 1.97. The first-order valence-electron chi connectivity index (χ1n) is 5.16. The molecule has 0 amide bonds. The van der Waals surface area contributed by atoms with Crippen LogP contribution >= 0.6 is 38.6 Å². The highest BCUT2D eigenvalue weighted by Crippen LogP contribution is 2.35. The standard InChI is InChI=1S/C12H6BrNO3S2/c13-7-1-2-17-10(7)11-14-8(5-19-11)9-3-6(4-18-9)12(15)16/h1-5H,(H,15,16). The second-order valence-corrected chi connectivity index (χ2v) is 6.26. The van der Waals surface area contributed by atoms with E-state index in [0.29, 0.717) is 5.76 Å². The molecular formula is C12H6BrNO3S2. The molecule has 0 unspecified atom stereocenters. The van der Waals surface area contributed by atoms with Crippen molar-refractivity contribution >= 4 is 44.6 Å². The van der Waals surface area contributed by atoms with Crippen molar-refractivity contribution in [2.45, 2.75) is 0 Å². The molecule has 0 radical (unpaired) electrons. The summed E-state index contributed by atoms with van der Waals surface area (Å²) in [5, 5.41) is 13.2. The van der Waals surface area contributed by atoms with E-state index in [1.807, 2.05) is 11.4 Å². The average molecular weight is 356 g/mol. The number of aromatic nitrogens is 1. The molecule has 0 saturated heterocycles. The molecule has 3 aromatic rings. The lowest BCUT2D eigenvalue weighted by atomic mass is 10.3. The van der Waals surface area contributed by atoms with E-state index in [-0.39, 0.29) is 5.56 Å². The Bertz CT molecular complexity index is 744. The van der Waals surface area contributed by atoms with Gasteiger partial charge in [-0.3, -0.25) is 0 Å². The number of furan rings is 1. The van der Waals surface area contributed by atoms with Crippen LogP contribution in [-0.2, 0) is 0 Å². The van der Waals surface area contributed by atoms with Crippen LogP contribution in [0.1, 0.15) is 10.4 Å². The van der Waals surface area contributed by atoms with E-state index in [2.05, 4.69) is 20.9 Å². The van der Waals surface area contributed by atoms with Crippen molar-refractivity contribution in [1.29, 1.82) is 0 Å². The van der Waals surface area contributed by atoms with Gasteiger partial charge in [0.05, 0.1) is 26.9 Å². The minimum absolute atomic E-state index is 0.286. The zero-order chi connectivity index (χ0) is 13.4. The van der Waals surface area contributed by atoms with Crippen molar-refractivity contribution in [3.8, 4) is 21.3 Å². The molecule has 0 aliphatic carbocycles. The van der Waals surface area contributed by atoms with Gasteiger partial charge < -0.3 is 9.52 Å². The van der Waals surface area contributed by atoms with Crippen molar-refractivity contribution in [3.05, 3.63) is 39.2 Å². The van der Waals surface area contributed by atoms with Gasteiger partial charge >= 0.3 is 5.97 Å². The number of hydrogen-bond acceptors (Lipinski definition) is 5. The smallest absolute Gasteiger partial charge is 0.336 e. The van der Waals surface area contributed by atoms with Crippen molar-refractivity contribution < 1.29 is 14.3 Å². The highest BCUT2D eigenvalue weighted by molar-refractivity contribution is 9.10. The first kappa shape index (κ1) is 12.6. The van der Waals surface area contributed by atoms with E-state index in [1.54, 1.807) is 17.7 Å². The maximum absolute atomic E-state index is 10.8. The van der Waals surface area contributed by atoms with E-state index in [4.69, 9.17) is 9.52 Å². The van der Waals surface area contributed by atoms with E-state index in [0.717, 1.165) is 20.1 Å². The minimum atomic E-state index is -0.924. The van der Waals surface area contributed by atoms with Crippen LogP contribution in [0.15, 0.2) is 38.0 Å². The largest absolute Gasteiger partial charge is 0.478 e. The summed E-state index contributed by atoms with van der Waals surface area (Å²) >= 11 is 6.21. The van der Waals surface area contributed by atoms with Gasteiger partial charge in [0.25, 0.3) is 0 Å². The lowest BCUT2D eigenvalue weighted by molar-refractivity contribution is 0.0697. The number of carbonyl (C=O) groups is 1. The molecule has 3 aromatic heterocycles. The molecule has 0 fully saturated rings. The summed E-state index contributed by atoms with van der Waals surface area (Å²) in [5.74, 6) is -0.238. The van der Waals surface area contributed by atoms with Gasteiger partial charge in [-0.15, -0.1) is 22.7 Å². The number of thiazole rings is 1. The SMILES string of the molecule is O=C(O)c1csc(-c2csc(-c3occc3Br)n2)c1. The summed E-state index contributed by atoms with van der Waals surface area (Å²) < 4.78 is 6.21. The molecule has 0 atom stereocenters. The number of aromatic carboxylic acids is 1. The van der Waals surface area contributed by atoms with Crippen molar-refractivity contribution in [2.75, 3.05) is 0 Å². The van der Waals surface area contributed by atoms with Gasteiger partial charge in [-0.2, -0.15) is 0 Å². The predicted octanol–water partition coefficient (Wildman–Crippen LogP) is 4.59. The Kier molecular flexibility index (Phi) is 3.26. The molecule has 1 N–H and O–H groups in total. The zero-order valence-corrected chi connectivity index (χ0v) is 12.5. The number of carboxylic acid groups (broad SMARTS) is 1. The predicted molar refractivity (Wildman–Crippen MR) is 77.8 cm³/mol. The topological polar surface area (TPSA) is 63.3 Å². The minimum Gasteiger partial charge on any atom is -0.478 e. The normalized spacial score (nSPS) is 10.8. The van der Waals surface area contributed by atoms with Crippen molar-refractivity contribution in [2.24, 2.45) is 0 Å². The van der Waals surface area contributed by atoms with Crippen LogP contribution in [0.3, 0.4) is 0 Å². The summed E-state index contributed by atoms with van der Waals surface area (Å²) in [6.07, 6.45) is 1.59. The van der Waals surface area contributed by atoms with E-state index in [1.165, 1.54) is 22.7 Å². The zero-order valence-electron chi connectivity index (χ0n) is 9.29. The van der Waals surface area contributed by atoms with Crippen LogP contribution in [0.5, 0.6) is 0 Å². The second kappa shape index (κ2) is 4.92. The molecule has 7 heteroatoms. The summed E-state index contributed by atoms with van der Waals surface area (Å²) in [6, 6.07) is 3.44. The third-order valence-corrected chi connectivity index (χ3v) is 4.83. The van der Waals surface area contributed by atoms with Crippen LogP contribution in [-0.4, -0.2) is 16.1 Å². The Hall–Kier alpha value is -1.44. The highest BCUT2D eigenvalue weighted by Gasteiger charge is 2.14. The number of hydrogen-bond donors (Lipinski definition) is 1. The van der Waals surface area contributed by atoms with Gasteiger partial charge in [-0.25, -0.2) is 9.78 Å². The maximum atomic E-state index is 10.8. The quantitative estimate of drug-likeness (QED) is 0.745. The summed E-state index contributed by atoms with van der Waals surface area (Å²) in [7, 11) is 0. The fraction of sp³-hybridized carbons (Fsp3) is 0. The molecule has 0 aliphatic rings. The summed E-state index contributed by atoms with van der Waals surface area (Å²) in [5.41, 5.74) is 1.05. The Labute approximate surface area is 124 Å². The van der Waals surface area contributed by atoms with Crippen LogP contribution in [0.2, 0.25) is 0 Å². The van der Waals surface area contributed by atoms with Crippen molar-refractivity contribution in [3.63, 3.8) is 0 Å². The number of nitrogens with zero attached hydrogens (tertiary/aromatic N) is 1. The molecule has 0 aliphatic heterocycles. The first-order chi connectivity index (χ1) is 9.15. The number of rotatable bonds is 3. The average Bonchev–Trinajstić information content (AvgIpc) is 3.07. The van der Waals surface area contributed by atoms with Crippen LogP contribution in [0.25, 0.3) is 21.3 Å². The summed E-state index contributed by atoms with van der Waals surface area (Å²) in [6.45, 7) is 0. The molecule has 19 heavy (non-hydrogen) atoms. The van der Waals surface area contributed by atoms with Gasteiger partial charge in [0, 0.05) is 10.8 Å². The fourth-order valence-electron chi connectivity index (χ4n) is 1.52. The van der Waals surface area contributed by atoms with Gasteiger partial charge in [0.2, 0.25) is 0 Å². The van der Waals surface area contributed by atoms with E-state index in [9.17, 15) is 4.79 Å². The monoisotopic (exact) mass is 355 g/mol. The van der Waals surface area contributed by atoms with Gasteiger partial charge in [0.15, 0.2) is 10.8 Å². The van der Waals surface area contributed by atoms with Crippen LogP contribution in [0, 0.1) is 0 Å². The van der Waals surface area contributed by atoms with E-state index < -0.39 is 5.97 Å². The summed E-state index contributed by atoms with van der Waals surface area (Å²) in [4.78, 5) is 16.2. The van der Waals surface area contributed by atoms with Gasteiger partial charge in [-0.05, 0) is 28.1 Å². The van der Waals surface area contributed by atoms with Crippen LogP contribution < -0.4 is 0 Å². The third kappa shape index (κ3) is 2.36. The molecule has 0 saturated carbocycles. The number of halogens is 1. The molecule has 4 nitrogen and oxygen atoms in total. The first-order valence-corrected chi connectivity index (χ1v) is 7.71. The highest BCUT2D eigenvalue weighted by atomic mass is 79.9. The van der Waals surface area contributed by atoms with E-state index >= 15 is 0 Å². The lowest BCUT2D eigenvalue weighted by Gasteiger charge is -1.90. The molecule has 96 valence electrons. The molecule has 0 spiro atoms. The maximum Gasteiger partial charge on any atom is 0.336 e. The third-order valence-electron chi connectivity index (χ3n) is 2.41. The molecule has 0 aromatic carbocycles. The van der Waals surface area contributed by atoms with Crippen molar-refractivity contribution in [1.82, 2.24) is 4.98 Å². The Morgan fingerprint density at radius 3 is 2.84 bits per heavy atom. The van der Waals surface area contributed by atoms with Crippen LogP contribution in [0.4, 0.5) is 0 Å². The Morgan fingerprint density at radius 1 is 1.37 bits per heavy atom. The Morgan fingerprint density at radius 2 is 2.21 bits per heavy atom. The van der Waals surface area contributed by atoms with Gasteiger partial charge in [0.1, 0.15) is 0 Å².